The van der Waals surface area contributed by atoms with Crippen LogP contribution in [0.1, 0.15) is 69.6 Å². The van der Waals surface area contributed by atoms with E-state index in [4.69, 9.17) is 0 Å². The minimum absolute atomic E-state index is 0.0600. The van der Waals surface area contributed by atoms with Crippen molar-refractivity contribution in [2.45, 2.75) is 65.0 Å². The van der Waals surface area contributed by atoms with Gasteiger partial charge in [-0.05, 0) is 52.6 Å². The Kier molecular flexibility index (Phi) is 4.95. The van der Waals surface area contributed by atoms with Gasteiger partial charge in [-0.2, -0.15) is 5.10 Å². The molecule has 0 radical (unpaired) electrons. The van der Waals surface area contributed by atoms with Crippen LogP contribution in [0, 0.1) is 0 Å². The summed E-state index contributed by atoms with van der Waals surface area (Å²) in [7, 11) is 1.96. The Morgan fingerprint density at radius 2 is 2.09 bits per heavy atom. The fourth-order valence-corrected chi connectivity index (χ4v) is 3.01. The van der Waals surface area contributed by atoms with E-state index in [0.717, 1.165) is 31.6 Å². The minimum Gasteiger partial charge on any atom is -0.336 e. The van der Waals surface area contributed by atoms with Gasteiger partial charge in [-0.3, -0.25) is 9.48 Å². The molecule has 1 amide bonds. The quantitative estimate of drug-likeness (QED) is 0.934. The van der Waals surface area contributed by atoms with Crippen LogP contribution in [0.5, 0.6) is 0 Å². The molecule has 124 valence electrons. The van der Waals surface area contributed by atoms with E-state index >= 15 is 0 Å². The number of hydrogen-bond acceptors (Lipinski definition) is 3. The van der Waals surface area contributed by atoms with E-state index in [1.54, 1.807) is 0 Å². The number of nitrogens with one attached hydrogen (secondary N) is 1. The lowest BCUT2D eigenvalue weighted by atomic mass is 10.0. The second-order valence-electron chi connectivity index (χ2n) is 7.57. The van der Waals surface area contributed by atoms with Crippen LogP contribution in [-0.4, -0.2) is 46.8 Å². The zero-order valence-electron chi connectivity index (χ0n) is 14.8. The molecule has 1 aliphatic rings. The van der Waals surface area contributed by atoms with Crippen molar-refractivity contribution in [3.05, 3.63) is 17.5 Å². The van der Waals surface area contributed by atoms with Gasteiger partial charge >= 0.3 is 0 Å². The molecule has 2 rings (SSSR count). The van der Waals surface area contributed by atoms with E-state index in [1.807, 2.05) is 22.7 Å². The van der Waals surface area contributed by atoms with E-state index < -0.39 is 0 Å². The first kappa shape index (κ1) is 17.0. The van der Waals surface area contributed by atoms with Gasteiger partial charge in [-0.15, -0.1) is 0 Å². The van der Waals surface area contributed by atoms with Crippen molar-refractivity contribution in [2.75, 3.05) is 20.1 Å². The Hall–Kier alpha value is -1.36. The van der Waals surface area contributed by atoms with Crippen molar-refractivity contribution in [2.24, 2.45) is 0 Å². The Labute approximate surface area is 134 Å². The summed E-state index contributed by atoms with van der Waals surface area (Å²) in [6, 6.07) is 2.37. The van der Waals surface area contributed by atoms with Crippen molar-refractivity contribution in [3.8, 4) is 0 Å². The topological polar surface area (TPSA) is 50.2 Å². The number of piperidine rings is 1. The largest absolute Gasteiger partial charge is 0.336 e. The van der Waals surface area contributed by atoms with E-state index in [0.29, 0.717) is 17.7 Å². The van der Waals surface area contributed by atoms with Gasteiger partial charge < -0.3 is 10.2 Å². The Morgan fingerprint density at radius 3 is 2.59 bits per heavy atom. The van der Waals surface area contributed by atoms with Crippen LogP contribution >= 0.6 is 0 Å². The number of aromatic nitrogens is 2. The van der Waals surface area contributed by atoms with E-state index in [-0.39, 0.29) is 11.4 Å². The number of nitrogens with zero attached hydrogens (tertiary/aromatic N) is 3. The maximum atomic E-state index is 12.8. The van der Waals surface area contributed by atoms with Crippen molar-refractivity contribution in [1.29, 1.82) is 0 Å². The molecular weight excluding hydrogens is 276 g/mol. The molecule has 0 spiro atoms. The molecule has 22 heavy (non-hydrogen) atoms. The highest BCUT2D eigenvalue weighted by Crippen LogP contribution is 2.24. The lowest BCUT2D eigenvalue weighted by Crippen LogP contribution is -2.47. The van der Waals surface area contributed by atoms with Crippen molar-refractivity contribution >= 4 is 5.91 Å². The molecule has 1 aromatic rings. The van der Waals surface area contributed by atoms with Crippen LogP contribution in [0.2, 0.25) is 0 Å². The summed E-state index contributed by atoms with van der Waals surface area (Å²) in [5, 5.41) is 7.91. The van der Waals surface area contributed by atoms with Gasteiger partial charge in [-0.1, -0.05) is 13.8 Å². The Morgan fingerprint density at radius 1 is 1.41 bits per heavy atom. The first-order chi connectivity index (χ1) is 10.2. The van der Waals surface area contributed by atoms with Gasteiger partial charge in [0, 0.05) is 24.8 Å². The van der Waals surface area contributed by atoms with Gasteiger partial charge in [0.2, 0.25) is 0 Å². The van der Waals surface area contributed by atoms with Gasteiger partial charge in [0.25, 0.3) is 5.91 Å². The van der Waals surface area contributed by atoms with Gasteiger partial charge in [0.15, 0.2) is 5.69 Å². The number of amides is 1. The van der Waals surface area contributed by atoms with Crippen LogP contribution in [0.15, 0.2) is 6.07 Å². The van der Waals surface area contributed by atoms with Crippen LogP contribution < -0.4 is 5.32 Å². The van der Waals surface area contributed by atoms with Gasteiger partial charge in [0.05, 0.1) is 5.54 Å². The number of likely N-dealkylation sites (tertiary alicyclic amines) is 1. The zero-order valence-corrected chi connectivity index (χ0v) is 14.8. The summed E-state index contributed by atoms with van der Waals surface area (Å²) in [6.07, 6.45) is 2.18. The summed E-state index contributed by atoms with van der Waals surface area (Å²) in [5.74, 6) is 0.407. The fourth-order valence-electron chi connectivity index (χ4n) is 3.01. The van der Waals surface area contributed by atoms with E-state index in [9.17, 15) is 4.79 Å². The van der Waals surface area contributed by atoms with Crippen LogP contribution in [0.4, 0.5) is 0 Å². The molecule has 1 aliphatic heterocycles. The molecule has 0 saturated carbocycles. The molecule has 1 saturated heterocycles. The van der Waals surface area contributed by atoms with Crippen molar-refractivity contribution < 1.29 is 4.79 Å². The Balaban J connectivity index is 2.27. The first-order valence-corrected chi connectivity index (χ1v) is 8.31. The number of likely N-dealkylation sites (N-methyl/N-ethyl adjacent to an activating group) is 1. The molecule has 1 atom stereocenters. The average molecular weight is 306 g/mol. The van der Waals surface area contributed by atoms with Crippen LogP contribution in [0.3, 0.4) is 0 Å². The molecule has 0 bridgehead atoms. The third kappa shape index (κ3) is 3.51. The van der Waals surface area contributed by atoms with Crippen LogP contribution in [-0.2, 0) is 5.54 Å². The highest BCUT2D eigenvalue weighted by Gasteiger charge is 2.28. The number of rotatable bonds is 3. The molecule has 5 nitrogen and oxygen atoms in total. The lowest BCUT2D eigenvalue weighted by Gasteiger charge is -2.32. The monoisotopic (exact) mass is 306 g/mol. The van der Waals surface area contributed by atoms with Gasteiger partial charge in [-0.25, -0.2) is 0 Å². The molecule has 1 fully saturated rings. The molecule has 0 aromatic carbocycles. The summed E-state index contributed by atoms with van der Waals surface area (Å²) in [5.41, 5.74) is 1.58. The summed E-state index contributed by atoms with van der Waals surface area (Å²) < 4.78 is 2.00. The first-order valence-electron chi connectivity index (χ1n) is 8.31. The maximum Gasteiger partial charge on any atom is 0.274 e. The molecule has 1 aromatic heterocycles. The average Bonchev–Trinajstić information content (AvgIpc) is 2.92. The second-order valence-corrected chi connectivity index (χ2v) is 7.57. The number of carbonyl (C=O) groups is 1. The van der Waals surface area contributed by atoms with E-state index in [1.165, 1.54) is 0 Å². The summed E-state index contributed by atoms with van der Waals surface area (Å²) >= 11 is 0. The predicted molar refractivity (Wildman–Crippen MR) is 89.3 cm³/mol. The molecule has 1 N–H and O–H groups in total. The third-order valence-electron chi connectivity index (χ3n) is 4.30. The highest BCUT2D eigenvalue weighted by molar-refractivity contribution is 5.92. The molecular formula is C17H30N4O. The van der Waals surface area contributed by atoms with Gasteiger partial charge in [0.1, 0.15) is 0 Å². The second kappa shape index (κ2) is 6.41. The van der Waals surface area contributed by atoms with Crippen LogP contribution in [0.25, 0.3) is 0 Å². The SMILES string of the molecule is CNC1CCCN(C(=O)c2cc(C(C)C)n(C(C)(C)C)n2)C1. The number of carbonyl (C=O) groups excluding carboxylic acids is 1. The number of hydrogen-bond donors (Lipinski definition) is 1. The normalized spacial score (nSPS) is 19.8. The fraction of sp³-hybridized carbons (Fsp3) is 0.765. The Bertz CT molecular complexity index is 527. The minimum atomic E-state index is -0.118. The standard InChI is InChI=1S/C17H30N4O/c1-12(2)15-10-14(19-21(15)17(3,4)5)16(22)20-9-7-8-13(11-20)18-6/h10,12-13,18H,7-9,11H2,1-6H3. The smallest absolute Gasteiger partial charge is 0.274 e. The molecule has 1 unspecified atom stereocenters. The molecule has 5 heteroatoms. The lowest BCUT2D eigenvalue weighted by molar-refractivity contribution is 0.0690. The van der Waals surface area contributed by atoms with Crippen molar-refractivity contribution in [1.82, 2.24) is 20.0 Å². The summed E-state index contributed by atoms with van der Waals surface area (Å²) in [4.78, 5) is 14.7. The predicted octanol–water partition coefficient (Wildman–Crippen LogP) is 2.59. The van der Waals surface area contributed by atoms with E-state index in [2.05, 4.69) is 45.0 Å². The van der Waals surface area contributed by atoms with Crippen molar-refractivity contribution in [3.63, 3.8) is 0 Å². The summed E-state index contributed by atoms with van der Waals surface area (Å²) in [6.45, 7) is 12.3. The third-order valence-corrected chi connectivity index (χ3v) is 4.30. The molecule has 0 aliphatic carbocycles. The zero-order chi connectivity index (χ0) is 16.5. The molecule has 2 heterocycles. The highest BCUT2D eigenvalue weighted by atomic mass is 16.2. The maximum absolute atomic E-state index is 12.8.